The van der Waals surface area contributed by atoms with E-state index in [0.717, 1.165) is 29.3 Å². The SMILES string of the molecule is COc1cc(C)c(N(C)CC(C)(C)CO)c(OC)c1. The highest BCUT2D eigenvalue weighted by molar-refractivity contribution is 5.65. The molecule has 4 heteroatoms. The second-order valence-corrected chi connectivity index (χ2v) is 5.67. The van der Waals surface area contributed by atoms with Gasteiger partial charge in [0.15, 0.2) is 0 Å². The molecule has 1 rings (SSSR count). The van der Waals surface area contributed by atoms with Crippen LogP contribution >= 0.6 is 0 Å². The van der Waals surface area contributed by atoms with Crippen LogP contribution in [0, 0.1) is 12.3 Å². The summed E-state index contributed by atoms with van der Waals surface area (Å²) in [5.41, 5.74) is 1.96. The van der Waals surface area contributed by atoms with Gasteiger partial charge in [-0.15, -0.1) is 0 Å². The number of methoxy groups -OCH3 is 2. The number of aryl methyl sites for hydroxylation is 1. The van der Waals surface area contributed by atoms with Crippen molar-refractivity contribution in [2.75, 3.05) is 39.3 Å². The largest absolute Gasteiger partial charge is 0.497 e. The standard InChI is InChI=1S/C15H25NO3/c1-11-7-12(18-5)8-13(19-6)14(11)16(4)9-15(2,3)10-17/h7-8,17H,9-10H2,1-6H3. The first-order valence-electron chi connectivity index (χ1n) is 6.39. The van der Waals surface area contributed by atoms with Crippen LogP contribution in [0.1, 0.15) is 19.4 Å². The summed E-state index contributed by atoms with van der Waals surface area (Å²) in [4.78, 5) is 2.11. The number of benzene rings is 1. The van der Waals surface area contributed by atoms with Gasteiger partial charge in [0.2, 0.25) is 0 Å². The maximum atomic E-state index is 9.39. The second-order valence-electron chi connectivity index (χ2n) is 5.67. The molecule has 0 aliphatic carbocycles. The molecule has 0 fully saturated rings. The molecule has 1 aromatic carbocycles. The smallest absolute Gasteiger partial charge is 0.146 e. The Hall–Kier alpha value is -1.42. The molecule has 0 aromatic heterocycles. The van der Waals surface area contributed by atoms with Gasteiger partial charge < -0.3 is 19.5 Å². The van der Waals surface area contributed by atoms with Gasteiger partial charge in [0.05, 0.1) is 19.9 Å². The summed E-state index contributed by atoms with van der Waals surface area (Å²) < 4.78 is 10.7. The van der Waals surface area contributed by atoms with Gasteiger partial charge in [0, 0.05) is 31.7 Å². The molecule has 19 heavy (non-hydrogen) atoms. The zero-order chi connectivity index (χ0) is 14.6. The van der Waals surface area contributed by atoms with E-state index in [1.54, 1.807) is 14.2 Å². The lowest BCUT2D eigenvalue weighted by molar-refractivity contribution is 0.165. The lowest BCUT2D eigenvalue weighted by atomic mass is 9.94. The number of hydrogen-bond donors (Lipinski definition) is 1. The number of ether oxygens (including phenoxy) is 2. The third-order valence-electron chi connectivity index (χ3n) is 3.17. The molecule has 0 bridgehead atoms. The zero-order valence-corrected chi connectivity index (χ0v) is 12.8. The van der Waals surface area contributed by atoms with E-state index in [1.165, 1.54) is 0 Å². The highest BCUT2D eigenvalue weighted by Crippen LogP contribution is 2.36. The van der Waals surface area contributed by atoms with Crippen LogP contribution in [0.3, 0.4) is 0 Å². The number of anilines is 1. The number of aliphatic hydroxyl groups excluding tert-OH is 1. The van der Waals surface area contributed by atoms with Gasteiger partial charge in [-0.2, -0.15) is 0 Å². The Balaban J connectivity index is 3.11. The van der Waals surface area contributed by atoms with Crippen molar-refractivity contribution in [1.29, 1.82) is 0 Å². The molecule has 0 heterocycles. The third kappa shape index (κ3) is 3.77. The van der Waals surface area contributed by atoms with Gasteiger partial charge in [-0.05, 0) is 18.6 Å². The summed E-state index contributed by atoms with van der Waals surface area (Å²) in [6, 6.07) is 3.87. The molecule has 0 radical (unpaired) electrons. The van der Waals surface area contributed by atoms with Crippen molar-refractivity contribution in [3.8, 4) is 11.5 Å². The van der Waals surface area contributed by atoms with Crippen LogP contribution in [0.4, 0.5) is 5.69 Å². The van der Waals surface area contributed by atoms with Crippen LogP contribution in [-0.2, 0) is 0 Å². The van der Waals surface area contributed by atoms with Crippen LogP contribution in [-0.4, -0.2) is 39.5 Å². The number of aliphatic hydroxyl groups is 1. The lowest BCUT2D eigenvalue weighted by Gasteiger charge is -2.32. The maximum absolute atomic E-state index is 9.39. The monoisotopic (exact) mass is 267 g/mol. The van der Waals surface area contributed by atoms with Crippen LogP contribution in [0.2, 0.25) is 0 Å². The lowest BCUT2D eigenvalue weighted by Crippen LogP contribution is -2.34. The number of rotatable bonds is 6. The number of nitrogens with zero attached hydrogens (tertiary/aromatic N) is 1. The minimum absolute atomic E-state index is 0.148. The van der Waals surface area contributed by atoms with Gasteiger partial charge >= 0.3 is 0 Å². The van der Waals surface area contributed by atoms with Crippen LogP contribution in [0.15, 0.2) is 12.1 Å². The summed E-state index contributed by atoms with van der Waals surface area (Å²) in [7, 11) is 5.31. The Morgan fingerprint density at radius 1 is 1.21 bits per heavy atom. The van der Waals surface area contributed by atoms with Crippen molar-refractivity contribution in [2.24, 2.45) is 5.41 Å². The first-order valence-corrected chi connectivity index (χ1v) is 6.39. The fourth-order valence-corrected chi connectivity index (χ4v) is 2.25. The van der Waals surface area contributed by atoms with Crippen molar-refractivity contribution in [3.63, 3.8) is 0 Å². The molecule has 1 aromatic rings. The topological polar surface area (TPSA) is 41.9 Å². The van der Waals surface area contributed by atoms with Crippen molar-refractivity contribution >= 4 is 5.69 Å². The van der Waals surface area contributed by atoms with Crippen LogP contribution in [0.5, 0.6) is 11.5 Å². The summed E-state index contributed by atoms with van der Waals surface area (Å²) in [6.07, 6.45) is 0. The van der Waals surface area contributed by atoms with Crippen molar-refractivity contribution < 1.29 is 14.6 Å². The zero-order valence-electron chi connectivity index (χ0n) is 12.8. The molecule has 0 spiro atoms. The third-order valence-corrected chi connectivity index (χ3v) is 3.17. The van der Waals surface area contributed by atoms with Gasteiger partial charge in [-0.25, -0.2) is 0 Å². The van der Waals surface area contributed by atoms with E-state index < -0.39 is 0 Å². The molecule has 108 valence electrons. The highest BCUT2D eigenvalue weighted by Gasteiger charge is 2.22. The van der Waals surface area contributed by atoms with Gasteiger partial charge in [0.1, 0.15) is 11.5 Å². The summed E-state index contributed by atoms with van der Waals surface area (Å²) >= 11 is 0. The van der Waals surface area contributed by atoms with Gasteiger partial charge in [0.25, 0.3) is 0 Å². The molecule has 0 aliphatic rings. The van der Waals surface area contributed by atoms with Crippen molar-refractivity contribution in [3.05, 3.63) is 17.7 Å². The van der Waals surface area contributed by atoms with Crippen LogP contribution in [0.25, 0.3) is 0 Å². The molecule has 0 saturated carbocycles. The fraction of sp³-hybridized carbons (Fsp3) is 0.600. The predicted molar refractivity (Wildman–Crippen MR) is 78.4 cm³/mol. The Bertz CT molecular complexity index is 430. The molecule has 0 unspecified atom stereocenters. The normalized spacial score (nSPS) is 11.3. The first-order chi connectivity index (χ1) is 8.84. The molecule has 0 aliphatic heterocycles. The highest BCUT2D eigenvalue weighted by atomic mass is 16.5. The Morgan fingerprint density at radius 3 is 2.32 bits per heavy atom. The molecule has 0 saturated heterocycles. The quantitative estimate of drug-likeness (QED) is 0.859. The van der Waals surface area contributed by atoms with E-state index in [0.29, 0.717) is 0 Å². The predicted octanol–water partition coefficient (Wildman–Crippen LogP) is 2.47. The molecule has 4 nitrogen and oxygen atoms in total. The average Bonchev–Trinajstić information content (AvgIpc) is 2.36. The van der Waals surface area contributed by atoms with E-state index >= 15 is 0 Å². The minimum atomic E-state index is -0.161. The van der Waals surface area contributed by atoms with Gasteiger partial charge in [-0.3, -0.25) is 0 Å². The number of hydrogen-bond acceptors (Lipinski definition) is 4. The van der Waals surface area contributed by atoms with E-state index in [-0.39, 0.29) is 12.0 Å². The molecular formula is C15H25NO3. The summed E-state index contributed by atoms with van der Waals surface area (Å²) in [5, 5.41) is 9.39. The Morgan fingerprint density at radius 2 is 1.84 bits per heavy atom. The second kappa shape index (κ2) is 6.15. The maximum Gasteiger partial charge on any atom is 0.146 e. The first kappa shape index (κ1) is 15.6. The minimum Gasteiger partial charge on any atom is -0.497 e. The van der Waals surface area contributed by atoms with Crippen molar-refractivity contribution in [1.82, 2.24) is 0 Å². The van der Waals surface area contributed by atoms with E-state index in [2.05, 4.69) is 4.90 Å². The molecule has 0 atom stereocenters. The van der Waals surface area contributed by atoms with E-state index in [9.17, 15) is 5.11 Å². The van der Waals surface area contributed by atoms with Gasteiger partial charge in [-0.1, -0.05) is 13.8 Å². The van der Waals surface area contributed by atoms with E-state index in [4.69, 9.17) is 9.47 Å². The molecular weight excluding hydrogens is 242 g/mol. The summed E-state index contributed by atoms with van der Waals surface area (Å²) in [6.45, 7) is 6.99. The Labute approximate surface area is 115 Å². The fourth-order valence-electron chi connectivity index (χ4n) is 2.25. The van der Waals surface area contributed by atoms with E-state index in [1.807, 2.05) is 40.0 Å². The Kier molecular flexibility index (Phi) is 5.06. The van der Waals surface area contributed by atoms with Crippen molar-refractivity contribution in [2.45, 2.75) is 20.8 Å². The van der Waals surface area contributed by atoms with Crippen LogP contribution < -0.4 is 14.4 Å². The molecule has 0 amide bonds. The average molecular weight is 267 g/mol. The molecule has 1 N–H and O–H groups in total. The summed E-state index contributed by atoms with van der Waals surface area (Å²) in [5.74, 6) is 1.57.